The minimum Gasteiger partial charge on any atom is -0.376 e. The first-order valence-electron chi connectivity index (χ1n) is 13.1. The summed E-state index contributed by atoms with van der Waals surface area (Å²) in [5, 5.41) is 16.4. The Kier molecular flexibility index (Phi) is 9.23. The SMILES string of the molecule is O=C(NC[C@@H]1CCCO1)[C@@H](c1ccc(Cl)cc1)N(Cc1ccccc1F)C(=O)Cn1nnc(-c2ccc(Cl)cc2)n1. The number of rotatable bonds is 10. The molecule has 1 aromatic heterocycles. The Balaban J connectivity index is 1.45. The van der Waals surface area contributed by atoms with E-state index in [1.54, 1.807) is 66.7 Å². The van der Waals surface area contributed by atoms with E-state index in [2.05, 4.69) is 20.7 Å². The van der Waals surface area contributed by atoms with Crippen molar-refractivity contribution >= 4 is 35.0 Å². The minimum atomic E-state index is -1.10. The Morgan fingerprint density at radius 2 is 1.76 bits per heavy atom. The third-order valence-electron chi connectivity index (χ3n) is 6.72. The van der Waals surface area contributed by atoms with Crippen molar-refractivity contribution in [1.82, 2.24) is 30.4 Å². The first kappa shape index (κ1) is 28.7. The van der Waals surface area contributed by atoms with Gasteiger partial charge in [-0.05, 0) is 66.1 Å². The summed E-state index contributed by atoms with van der Waals surface area (Å²) in [6.45, 7) is 0.421. The van der Waals surface area contributed by atoms with Gasteiger partial charge in [-0.3, -0.25) is 9.59 Å². The van der Waals surface area contributed by atoms with Crippen molar-refractivity contribution in [3.05, 3.63) is 99.8 Å². The number of amides is 2. The molecule has 9 nitrogen and oxygen atoms in total. The number of nitrogens with one attached hydrogen (secondary N) is 1. The van der Waals surface area contributed by atoms with Gasteiger partial charge in [0.2, 0.25) is 17.6 Å². The summed E-state index contributed by atoms with van der Waals surface area (Å²) in [7, 11) is 0. The standard InChI is InChI=1S/C29H27Cl2FN6O3/c30-22-11-7-19(8-12-22)27(29(40)33-16-24-5-3-15-41-24)37(17-21-4-1-2-6-25(21)32)26(39)18-38-35-28(34-36-38)20-9-13-23(31)14-10-20/h1-2,4,6-14,24,27H,3,5,15-18H2,(H,33,40)/t24-,27+/m0/s1. The molecule has 1 N–H and O–H groups in total. The lowest BCUT2D eigenvalue weighted by molar-refractivity contribution is -0.142. The Morgan fingerprint density at radius 1 is 1.05 bits per heavy atom. The summed E-state index contributed by atoms with van der Waals surface area (Å²) < 4.78 is 20.5. The predicted octanol–water partition coefficient (Wildman–Crippen LogP) is 4.85. The van der Waals surface area contributed by atoms with E-state index in [9.17, 15) is 14.0 Å². The molecular weight excluding hydrogens is 570 g/mol. The first-order chi connectivity index (χ1) is 19.9. The second-order valence-electron chi connectivity index (χ2n) is 9.60. The summed E-state index contributed by atoms with van der Waals surface area (Å²) >= 11 is 12.1. The number of nitrogens with zero attached hydrogens (tertiary/aromatic N) is 5. The molecule has 1 aliphatic heterocycles. The van der Waals surface area contributed by atoms with E-state index in [4.69, 9.17) is 27.9 Å². The lowest BCUT2D eigenvalue weighted by atomic mass is 10.0. The van der Waals surface area contributed by atoms with Gasteiger partial charge >= 0.3 is 0 Å². The van der Waals surface area contributed by atoms with Gasteiger partial charge < -0.3 is 15.0 Å². The van der Waals surface area contributed by atoms with Crippen molar-refractivity contribution in [2.75, 3.05) is 13.2 Å². The topological polar surface area (TPSA) is 102 Å². The maximum atomic E-state index is 14.8. The van der Waals surface area contributed by atoms with Gasteiger partial charge in [-0.25, -0.2) is 4.39 Å². The van der Waals surface area contributed by atoms with Crippen LogP contribution in [0, 0.1) is 5.82 Å². The van der Waals surface area contributed by atoms with Gasteiger partial charge in [0.05, 0.1) is 6.10 Å². The zero-order chi connectivity index (χ0) is 28.8. The molecule has 0 radical (unpaired) electrons. The fraction of sp³-hybridized carbons (Fsp3) is 0.276. The van der Waals surface area contributed by atoms with Crippen LogP contribution in [-0.4, -0.2) is 56.2 Å². The molecule has 0 saturated carbocycles. The molecule has 1 aliphatic rings. The van der Waals surface area contributed by atoms with Gasteiger partial charge in [-0.2, -0.15) is 4.80 Å². The zero-order valence-electron chi connectivity index (χ0n) is 21.9. The molecule has 41 heavy (non-hydrogen) atoms. The zero-order valence-corrected chi connectivity index (χ0v) is 23.4. The number of carbonyl (C=O) groups is 2. The van der Waals surface area contributed by atoms with Gasteiger partial charge in [0, 0.05) is 40.9 Å². The molecule has 2 atom stereocenters. The number of tetrazole rings is 1. The smallest absolute Gasteiger partial charge is 0.247 e. The molecule has 2 amide bonds. The monoisotopic (exact) mass is 596 g/mol. The van der Waals surface area contributed by atoms with E-state index in [1.807, 2.05) is 0 Å². The highest BCUT2D eigenvalue weighted by atomic mass is 35.5. The van der Waals surface area contributed by atoms with Crippen LogP contribution in [0.3, 0.4) is 0 Å². The second-order valence-corrected chi connectivity index (χ2v) is 10.5. The van der Waals surface area contributed by atoms with Gasteiger partial charge in [0.25, 0.3) is 0 Å². The third-order valence-corrected chi connectivity index (χ3v) is 7.23. The summed E-state index contributed by atoms with van der Waals surface area (Å²) in [6.07, 6.45) is 1.64. The van der Waals surface area contributed by atoms with E-state index in [1.165, 1.54) is 11.0 Å². The number of carbonyl (C=O) groups excluding carboxylic acids is 2. The highest BCUT2D eigenvalue weighted by molar-refractivity contribution is 6.30. The molecule has 1 saturated heterocycles. The summed E-state index contributed by atoms with van der Waals surface area (Å²) in [4.78, 5) is 30.1. The highest BCUT2D eigenvalue weighted by Gasteiger charge is 2.33. The van der Waals surface area contributed by atoms with Crippen LogP contribution in [0.1, 0.15) is 30.0 Å². The van der Waals surface area contributed by atoms with Gasteiger partial charge in [0.15, 0.2) is 0 Å². The Morgan fingerprint density at radius 3 is 2.44 bits per heavy atom. The maximum absolute atomic E-state index is 14.8. The fourth-order valence-electron chi connectivity index (χ4n) is 4.60. The van der Waals surface area contributed by atoms with Crippen molar-refractivity contribution in [1.29, 1.82) is 0 Å². The maximum Gasteiger partial charge on any atom is 0.247 e. The molecule has 0 aliphatic carbocycles. The summed E-state index contributed by atoms with van der Waals surface area (Å²) in [5.41, 5.74) is 1.43. The normalized spacial score (nSPS) is 15.4. The molecule has 0 spiro atoms. The molecule has 2 heterocycles. The van der Waals surface area contributed by atoms with E-state index >= 15 is 0 Å². The molecule has 4 aromatic rings. The Labute approximate surface area is 246 Å². The van der Waals surface area contributed by atoms with Crippen LogP contribution >= 0.6 is 23.2 Å². The lowest BCUT2D eigenvalue weighted by Gasteiger charge is -2.32. The molecule has 5 rings (SSSR count). The lowest BCUT2D eigenvalue weighted by Crippen LogP contribution is -2.46. The molecule has 1 fully saturated rings. The van der Waals surface area contributed by atoms with Gasteiger partial charge in [-0.15, -0.1) is 10.2 Å². The van der Waals surface area contributed by atoms with Crippen LogP contribution in [0.4, 0.5) is 4.39 Å². The Bertz CT molecular complexity index is 1490. The largest absolute Gasteiger partial charge is 0.376 e. The minimum absolute atomic E-state index is 0.105. The number of ether oxygens (including phenoxy) is 1. The van der Waals surface area contributed by atoms with Gasteiger partial charge in [-0.1, -0.05) is 53.5 Å². The van der Waals surface area contributed by atoms with E-state index < -0.39 is 23.7 Å². The van der Waals surface area contributed by atoms with Crippen molar-refractivity contribution in [3.63, 3.8) is 0 Å². The molecule has 3 aromatic carbocycles. The number of benzene rings is 3. The van der Waals surface area contributed by atoms with Gasteiger partial charge in [0.1, 0.15) is 18.4 Å². The fourth-order valence-corrected chi connectivity index (χ4v) is 4.86. The molecular formula is C29H27Cl2FN6O3. The summed E-state index contributed by atoms with van der Waals surface area (Å²) in [5.74, 6) is -1.14. The van der Waals surface area contributed by atoms with Crippen LogP contribution in [0.5, 0.6) is 0 Å². The van der Waals surface area contributed by atoms with Crippen molar-refractivity contribution in [3.8, 4) is 11.4 Å². The molecule has 0 bridgehead atoms. The van der Waals surface area contributed by atoms with E-state index in [-0.39, 0.29) is 24.8 Å². The van der Waals surface area contributed by atoms with E-state index in [0.717, 1.165) is 17.6 Å². The van der Waals surface area contributed by atoms with Crippen LogP contribution in [0.2, 0.25) is 10.0 Å². The second kappa shape index (κ2) is 13.2. The molecule has 0 unspecified atom stereocenters. The molecule has 12 heteroatoms. The number of hydrogen-bond acceptors (Lipinski definition) is 6. The molecule has 212 valence electrons. The van der Waals surface area contributed by atoms with Crippen LogP contribution in [-0.2, 0) is 27.4 Å². The number of aromatic nitrogens is 4. The van der Waals surface area contributed by atoms with E-state index in [0.29, 0.717) is 40.1 Å². The quantitative estimate of drug-likeness (QED) is 0.281. The Hall–Kier alpha value is -3.86. The summed E-state index contributed by atoms with van der Waals surface area (Å²) in [6, 6.07) is 18.5. The van der Waals surface area contributed by atoms with Crippen molar-refractivity contribution < 1.29 is 18.7 Å². The third kappa shape index (κ3) is 7.27. The van der Waals surface area contributed by atoms with Crippen LogP contribution in [0.25, 0.3) is 11.4 Å². The van der Waals surface area contributed by atoms with Crippen LogP contribution in [0.15, 0.2) is 72.8 Å². The predicted molar refractivity (Wildman–Crippen MR) is 151 cm³/mol. The number of halogens is 3. The van der Waals surface area contributed by atoms with Crippen molar-refractivity contribution in [2.24, 2.45) is 0 Å². The van der Waals surface area contributed by atoms with Crippen molar-refractivity contribution in [2.45, 2.75) is 38.1 Å². The average molecular weight is 597 g/mol. The number of hydrogen-bond donors (Lipinski definition) is 1. The average Bonchev–Trinajstić information content (AvgIpc) is 3.66. The first-order valence-corrected chi connectivity index (χ1v) is 13.8. The van der Waals surface area contributed by atoms with Crippen LogP contribution < -0.4 is 5.32 Å². The highest BCUT2D eigenvalue weighted by Crippen LogP contribution is 2.27.